The van der Waals surface area contributed by atoms with Crippen LogP contribution in [0.5, 0.6) is 0 Å². The maximum absolute atomic E-state index is 11.6. The Labute approximate surface area is 117 Å². The lowest BCUT2D eigenvalue weighted by Gasteiger charge is -2.03. The molecule has 0 aliphatic heterocycles. The van der Waals surface area contributed by atoms with Gasteiger partial charge in [-0.3, -0.25) is 9.59 Å². The molecule has 0 saturated heterocycles. The molecule has 1 aromatic heterocycles. The number of aromatic nitrogens is 2. The molecule has 0 saturated carbocycles. The highest BCUT2D eigenvalue weighted by Gasteiger charge is 2.11. The van der Waals surface area contributed by atoms with Gasteiger partial charge >= 0.3 is 0 Å². The Bertz CT molecular complexity index is 431. The molecular formula is C12H20N4O2S. The first-order valence-electron chi connectivity index (χ1n) is 6.42. The molecule has 0 aliphatic rings. The fourth-order valence-electron chi connectivity index (χ4n) is 1.28. The van der Waals surface area contributed by atoms with Crippen molar-refractivity contribution in [2.75, 3.05) is 11.9 Å². The first-order valence-corrected chi connectivity index (χ1v) is 7.24. The van der Waals surface area contributed by atoms with E-state index >= 15 is 0 Å². The maximum atomic E-state index is 11.6. The summed E-state index contributed by atoms with van der Waals surface area (Å²) in [6.07, 6.45) is 1.24. The molecule has 0 radical (unpaired) electrons. The van der Waals surface area contributed by atoms with Crippen molar-refractivity contribution in [1.29, 1.82) is 0 Å². The molecule has 0 aromatic carbocycles. The number of hydrogen-bond acceptors (Lipinski definition) is 5. The van der Waals surface area contributed by atoms with Crippen molar-refractivity contribution in [3.8, 4) is 0 Å². The minimum Gasteiger partial charge on any atom is -0.356 e. The third-order valence-corrected chi connectivity index (χ3v) is 3.47. The molecule has 2 N–H and O–H groups in total. The van der Waals surface area contributed by atoms with Gasteiger partial charge < -0.3 is 10.6 Å². The first-order chi connectivity index (χ1) is 9.02. The minimum atomic E-state index is -0.210. The summed E-state index contributed by atoms with van der Waals surface area (Å²) in [6.45, 7) is 6.66. The van der Waals surface area contributed by atoms with E-state index in [2.05, 4.69) is 20.8 Å². The lowest BCUT2D eigenvalue weighted by Crippen LogP contribution is -2.25. The van der Waals surface area contributed by atoms with Crippen LogP contribution in [-0.4, -0.2) is 28.6 Å². The summed E-state index contributed by atoms with van der Waals surface area (Å²) in [5, 5.41) is 14.6. The lowest BCUT2D eigenvalue weighted by atomic mass is 10.2. The first kappa shape index (κ1) is 15.6. The van der Waals surface area contributed by atoms with Crippen molar-refractivity contribution in [3.63, 3.8) is 0 Å². The topological polar surface area (TPSA) is 84.0 Å². The minimum absolute atomic E-state index is 0.0999. The zero-order valence-corrected chi connectivity index (χ0v) is 12.3. The van der Waals surface area contributed by atoms with Gasteiger partial charge in [0.25, 0.3) is 0 Å². The molecule has 0 fully saturated rings. The highest BCUT2D eigenvalue weighted by atomic mass is 32.1. The van der Waals surface area contributed by atoms with Crippen LogP contribution < -0.4 is 10.6 Å². The lowest BCUT2D eigenvalue weighted by molar-refractivity contribution is -0.124. The summed E-state index contributed by atoms with van der Waals surface area (Å²) in [7, 11) is 0. The summed E-state index contributed by atoms with van der Waals surface area (Å²) >= 11 is 1.36. The number of anilines is 1. The number of hydrogen-bond donors (Lipinski definition) is 2. The number of nitrogens with one attached hydrogen (secondary N) is 2. The van der Waals surface area contributed by atoms with Crippen LogP contribution in [0.3, 0.4) is 0 Å². The van der Waals surface area contributed by atoms with Gasteiger partial charge in [-0.1, -0.05) is 32.1 Å². The zero-order valence-electron chi connectivity index (χ0n) is 11.5. The maximum Gasteiger partial charge on any atom is 0.226 e. The molecule has 0 atom stereocenters. The molecule has 0 spiro atoms. The van der Waals surface area contributed by atoms with Crippen LogP contribution in [0.4, 0.5) is 5.13 Å². The Hall–Kier alpha value is -1.50. The van der Waals surface area contributed by atoms with E-state index in [1.54, 1.807) is 0 Å². The van der Waals surface area contributed by atoms with Gasteiger partial charge in [0.1, 0.15) is 5.01 Å². The van der Waals surface area contributed by atoms with Crippen LogP contribution in [-0.2, 0) is 9.59 Å². The van der Waals surface area contributed by atoms with E-state index in [1.165, 1.54) is 11.3 Å². The van der Waals surface area contributed by atoms with Crippen molar-refractivity contribution >= 4 is 28.3 Å². The molecule has 2 amide bonds. The molecule has 1 heterocycles. The van der Waals surface area contributed by atoms with Gasteiger partial charge in [0.15, 0.2) is 0 Å². The van der Waals surface area contributed by atoms with E-state index < -0.39 is 0 Å². The van der Waals surface area contributed by atoms with Crippen LogP contribution in [0, 0.1) is 0 Å². The van der Waals surface area contributed by atoms with E-state index in [0.717, 1.165) is 11.4 Å². The molecule has 0 bridgehead atoms. The second kappa shape index (κ2) is 7.83. The van der Waals surface area contributed by atoms with Gasteiger partial charge in [0.2, 0.25) is 16.9 Å². The highest BCUT2D eigenvalue weighted by Crippen LogP contribution is 2.22. The SMILES string of the molecule is CCCNC(=O)CCC(=O)Nc1nnc(C(C)C)s1. The second-order valence-electron chi connectivity index (χ2n) is 4.50. The van der Waals surface area contributed by atoms with Crippen LogP contribution >= 0.6 is 11.3 Å². The largest absolute Gasteiger partial charge is 0.356 e. The fourth-order valence-corrected chi connectivity index (χ4v) is 2.04. The number of rotatable bonds is 7. The standard InChI is InChI=1S/C12H20N4O2S/c1-4-7-13-9(17)5-6-10(18)14-12-16-15-11(19-12)8(2)3/h8H,4-7H2,1-3H3,(H,13,17)(H,14,16,18). The fraction of sp³-hybridized carbons (Fsp3) is 0.667. The van der Waals surface area contributed by atoms with Crippen molar-refractivity contribution in [1.82, 2.24) is 15.5 Å². The van der Waals surface area contributed by atoms with Gasteiger partial charge in [0, 0.05) is 25.3 Å². The van der Waals surface area contributed by atoms with E-state index in [9.17, 15) is 9.59 Å². The summed E-state index contributed by atoms with van der Waals surface area (Å²) in [5.41, 5.74) is 0. The Morgan fingerprint density at radius 1 is 1.21 bits per heavy atom. The van der Waals surface area contributed by atoms with Gasteiger partial charge in [-0.15, -0.1) is 10.2 Å². The van der Waals surface area contributed by atoms with Crippen LogP contribution in [0.25, 0.3) is 0 Å². The highest BCUT2D eigenvalue weighted by molar-refractivity contribution is 7.15. The molecule has 0 unspecified atom stereocenters. The molecule has 19 heavy (non-hydrogen) atoms. The van der Waals surface area contributed by atoms with Crippen LogP contribution in [0.15, 0.2) is 0 Å². The molecular weight excluding hydrogens is 264 g/mol. The summed E-state index contributed by atoms with van der Waals surface area (Å²) in [4.78, 5) is 23.0. The van der Waals surface area contributed by atoms with E-state index in [4.69, 9.17) is 0 Å². The van der Waals surface area contributed by atoms with E-state index in [1.807, 2.05) is 20.8 Å². The number of amides is 2. The Morgan fingerprint density at radius 3 is 2.47 bits per heavy atom. The number of carbonyl (C=O) groups excluding carboxylic acids is 2. The molecule has 6 nitrogen and oxygen atoms in total. The average Bonchev–Trinajstić information content (AvgIpc) is 2.82. The average molecular weight is 284 g/mol. The Kier molecular flexibility index (Phi) is 6.41. The summed E-state index contributed by atoms with van der Waals surface area (Å²) < 4.78 is 0. The Morgan fingerprint density at radius 2 is 1.89 bits per heavy atom. The molecule has 106 valence electrons. The molecule has 0 aliphatic carbocycles. The van der Waals surface area contributed by atoms with Crippen molar-refractivity contribution in [2.45, 2.75) is 46.0 Å². The van der Waals surface area contributed by atoms with Crippen molar-refractivity contribution < 1.29 is 9.59 Å². The predicted molar refractivity (Wildman–Crippen MR) is 75.2 cm³/mol. The van der Waals surface area contributed by atoms with Gasteiger partial charge in [-0.2, -0.15) is 0 Å². The summed E-state index contributed by atoms with van der Waals surface area (Å²) in [6, 6.07) is 0. The van der Waals surface area contributed by atoms with Crippen molar-refractivity contribution in [3.05, 3.63) is 5.01 Å². The third kappa shape index (κ3) is 5.78. The monoisotopic (exact) mass is 284 g/mol. The smallest absolute Gasteiger partial charge is 0.226 e. The van der Waals surface area contributed by atoms with Crippen LogP contribution in [0.1, 0.15) is 51.0 Å². The Balaban J connectivity index is 2.32. The van der Waals surface area contributed by atoms with E-state index in [-0.39, 0.29) is 24.7 Å². The predicted octanol–water partition coefficient (Wildman–Crippen LogP) is 1.91. The quantitative estimate of drug-likeness (QED) is 0.801. The molecule has 1 rings (SSSR count). The van der Waals surface area contributed by atoms with Gasteiger partial charge in [-0.25, -0.2) is 0 Å². The second-order valence-corrected chi connectivity index (χ2v) is 5.51. The zero-order chi connectivity index (χ0) is 14.3. The summed E-state index contributed by atoms with van der Waals surface area (Å²) in [5.74, 6) is -0.0155. The van der Waals surface area contributed by atoms with Crippen molar-refractivity contribution in [2.24, 2.45) is 0 Å². The normalized spacial score (nSPS) is 10.5. The van der Waals surface area contributed by atoms with Gasteiger partial charge in [-0.05, 0) is 6.42 Å². The third-order valence-electron chi connectivity index (χ3n) is 2.33. The molecule has 1 aromatic rings. The van der Waals surface area contributed by atoms with E-state index in [0.29, 0.717) is 17.6 Å². The number of nitrogens with zero attached hydrogens (tertiary/aromatic N) is 2. The molecule has 7 heteroatoms. The van der Waals surface area contributed by atoms with Crippen LogP contribution in [0.2, 0.25) is 0 Å². The van der Waals surface area contributed by atoms with Gasteiger partial charge in [0.05, 0.1) is 0 Å². The number of carbonyl (C=O) groups is 2.